The Morgan fingerprint density at radius 1 is 0.923 bits per heavy atom. The van der Waals surface area contributed by atoms with Gasteiger partial charge in [-0.3, -0.25) is 9.00 Å². The maximum atomic E-state index is 13.3. The van der Waals surface area contributed by atoms with E-state index in [0.717, 1.165) is 22.3 Å². The van der Waals surface area contributed by atoms with Gasteiger partial charge in [-0.25, -0.2) is 0 Å². The molecule has 0 saturated carbocycles. The minimum Gasteiger partial charge on any atom is -0.456 e. The molecule has 4 rings (SSSR count). The smallest absolute Gasteiger partial charge is 0.326 e. The van der Waals surface area contributed by atoms with E-state index in [1.165, 1.54) is 0 Å². The Morgan fingerprint density at radius 3 is 2.12 bits per heavy atom. The van der Waals surface area contributed by atoms with Gasteiger partial charge in [0.25, 0.3) is 0 Å². The van der Waals surface area contributed by atoms with Gasteiger partial charge in [-0.1, -0.05) is 71.8 Å². The second-order valence-corrected chi connectivity index (χ2v) is 8.95. The van der Waals surface area contributed by atoms with Gasteiger partial charge in [0.15, 0.2) is 4.75 Å². The van der Waals surface area contributed by atoms with E-state index in [0.29, 0.717) is 12.2 Å². The minimum absolute atomic E-state index is 0.262. The molecule has 2 unspecified atom stereocenters. The molecule has 0 aromatic heterocycles. The molecule has 0 amide bonds. The van der Waals surface area contributed by atoms with E-state index in [1.54, 1.807) is 0 Å². The third-order valence-corrected chi connectivity index (χ3v) is 7.75. The monoisotopic (exact) mass is 366 g/mol. The van der Waals surface area contributed by atoms with Gasteiger partial charge in [0.05, 0.1) is 5.92 Å². The Balaban J connectivity index is 1.90. The summed E-state index contributed by atoms with van der Waals surface area (Å²) >= 11 is 0. The Kier molecular flexibility index (Phi) is 4.31. The van der Waals surface area contributed by atoms with Crippen LogP contribution in [0.1, 0.15) is 43.4 Å². The van der Waals surface area contributed by atoms with Crippen LogP contribution in [0.15, 0.2) is 71.8 Å². The summed E-state index contributed by atoms with van der Waals surface area (Å²) in [4.78, 5) is 13.1. The predicted molar refractivity (Wildman–Crippen MR) is 103 cm³/mol. The summed E-state index contributed by atoms with van der Waals surface area (Å²) in [6, 6.07) is 19.7. The molecule has 0 N–H and O–H groups in total. The molecule has 4 heteroatoms. The van der Waals surface area contributed by atoms with Crippen LogP contribution in [0.3, 0.4) is 0 Å². The van der Waals surface area contributed by atoms with Gasteiger partial charge >= 0.3 is 5.97 Å². The number of carbonyl (C=O) groups is 1. The second-order valence-electron chi connectivity index (χ2n) is 7.24. The third-order valence-electron chi connectivity index (χ3n) is 5.68. The number of carbonyl (C=O) groups excluding carboxylic acids is 1. The number of ether oxygens (including phenoxy) is 1. The van der Waals surface area contributed by atoms with Crippen LogP contribution in [-0.4, -0.2) is 20.7 Å². The van der Waals surface area contributed by atoms with E-state index in [4.69, 9.17) is 4.74 Å². The van der Waals surface area contributed by atoms with Crippen LogP contribution in [0.4, 0.5) is 0 Å². The van der Waals surface area contributed by atoms with Crippen LogP contribution < -0.4 is 0 Å². The molecule has 1 spiro atoms. The summed E-state index contributed by atoms with van der Waals surface area (Å²) in [6.45, 7) is 4.05. The molecule has 2 aliphatic heterocycles. The van der Waals surface area contributed by atoms with Crippen molar-refractivity contribution in [2.45, 2.75) is 37.0 Å². The van der Waals surface area contributed by atoms with E-state index in [9.17, 15) is 9.00 Å². The number of hydrogen-bond donors (Lipinski definition) is 0. The van der Waals surface area contributed by atoms with Gasteiger partial charge in [0, 0.05) is 16.6 Å². The van der Waals surface area contributed by atoms with E-state index < -0.39 is 21.7 Å². The summed E-state index contributed by atoms with van der Waals surface area (Å²) in [5.74, 6) is -0.154. The first kappa shape index (κ1) is 17.2. The summed E-state index contributed by atoms with van der Waals surface area (Å²) in [5, 5.41) is 0. The lowest BCUT2D eigenvalue weighted by molar-refractivity contribution is -0.143. The third kappa shape index (κ3) is 2.55. The maximum absolute atomic E-state index is 13.3. The fourth-order valence-corrected chi connectivity index (χ4v) is 6.20. The zero-order valence-corrected chi connectivity index (χ0v) is 15.8. The highest BCUT2D eigenvalue weighted by atomic mass is 32.2. The first-order chi connectivity index (χ1) is 12.5. The van der Waals surface area contributed by atoms with Gasteiger partial charge in [-0.15, -0.1) is 0 Å². The first-order valence-corrected chi connectivity index (χ1v) is 10.2. The van der Waals surface area contributed by atoms with Crippen molar-refractivity contribution in [3.05, 3.63) is 82.9 Å². The summed E-state index contributed by atoms with van der Waals surface area (Å²) < 4.78 is 18.2. The SMILES string of the molecule is CC1=C(C)CC2(C(=O)O[C@H](c3ccccc3)[C@H]2c2ccccc2)S(=O)C1. The normalized spacial score (nSPS) is 31.3. The van der Waals surface area contributed by atoms with Gasteiger partial charge in [0.2, 0.25) is 0 Å². The molecular weight excluding hydrogens is 344 g/mol. The van der Waals surface area contributed by atoms with E-state index >= 15 is 0 Å². The number of cyclic esters (lactones) is 1. The highest BCUT2D eigenvalue weighted by Crippen LogP contribution is 2.55. The topological polar surface area (TPSA) is 43.4 Å². The number of benzene rings is 2. The molecule has 0 radical (unpaired) electrons. The number of allylic oxidation sites excluding steroid dienone is 1. The van der Waals surface area contributed by atoms with Crippen LogP contribution >= 0.6 is 0 Å². The molecule has 1 fully saturated rings. The highest BCUT2D eigenvalue weighted by molar-refractivity contribution is 7.87. The van der Waals surface area contributed by atoms with Crippen LogP contribution in [0, 0.1) is 0 Å². The Labute approximate surface area is 156 Å². The van der Waals surface area contributed by atoms with Gasteiger partial charge in [-0.2, -0.15) is 0 Å². The van der Waals surface area contributed by atoms with Crippen LogP contribution in [0.5, 0.6) is 0 Å². The molecule has 2 aromatic rings. The van der Waals surface area contributed by atoms with E-state index in [-0.39, 0.29) is 11.9 Å². The zero-order chi connectivity index (χ0) is 18.3. The lowest BCUT2D eigenvalue weighted by Gasteiger charge is -2.36. The van der Waals surface area contributed by atoms with E-state index in [1.807, 2.05) is 74.5 Å². The van der Waals surface area contributed by atoms with E-state index in [2.05, 4.69) is 0 Å². The van der Waals surface area contributed by atoms with Crippen molar-refractivity contribution < 1.29 is 13.7 Å². The summed E-state index contributed by atoms with van der Waals surface area (Å²) in [7, 11) is -1.31. The van der Waals surface area contributed by atoms with Crippen LogP contribution in [-0.2, 0) is 20.3 Å². The first-order valence-electron chi connectivity index (χ1n) is 8.88. The number of hydrogen-bond acceptors (Lipinski definition) is 3. The minimum atomic E-state index is -1.31. The Hall–Kier alpha value is -2.20. The zero-order valence-electron chi connectivity index (χ0n) is 15.0. The molecule has 0 aliphatic carbocycles. The molecule has 2 heterocycles. The van der Waals surface area contributed by atoms with Crippen molar-refractivity contribution in [2.24, 2.45) is 0 Å². The quantitative estimate of drug-likeness (QED) is 0.588. The second kappa shape index (κ2) is 6.51. The van der Waals surface area contributed by atoms with Gasteiger partial charge in [-0.05, 0) is 31.4 Å². The lowest BCUT2D eigenvalue weighted by atomic mass is 9.77. The average Bonchev–Trinajstić information content (AvgIpc) is 2.95. The number of esters is 1. The summed E-state index contributed by atoms with van der Waals surface area (Å²) in [6.07, 6.45) is 0.0777. The largest absolute Gasteiger partial charge is 0.456 e. The fourth-order valence-electron chi connectivity index (χ4n) is 4.15. The molecule has 0 bridgehead atoms. The Bertz CT molecular complexity index is 888. The van der Waals surface area contributed by atoms with Gasteiger partial charge in [0.1, 0.15) is 6.10 Å². The van der Waals surface area contributed by atoms with Crippen molar-refractivity contribution in [3.8, 4) is 0 Å². The predicted octanol–water partition coefficient (Wildman–Crippen LogP) is 4.30. The van der Waals surface area contributed by atoms with Crippen molar-refractivity contribution in [3.63, 3.8) is 0 Å². The molecule has 4 atom stereocenters. The van der Waals surface area contributed by atoms with Crippen molar-refractivity contribution in [1.29, 1.82) is 0 Å². The summed E-state index contributed by atoms with van der Waals surface area (Å²) in [5.41, 5.74) is 4.23. The molecule has 26 heavy (non-hydrogen) atoms. The lowest BCUT2D eigenvalue weighted by Crippen LogP contribution is -2.48. The van der Waals surface area contributed by atoms with Crippen molar-refractivity contribution >= 4 is 16.8 Å². The molecule has 3 nitrogen and oxygen atoms in total. The van der Waals surface area contributed by atoms with Gasteiger partial charge < -0.3 is 4.74 Å². The Morgan fingerprint density at radius 2 is 1.50 bits per heavy atom. The number of rotatable bonds is 2. The maximum Gasteiger partial charge on any atom is 0.326 e. The standard InChI is InChI=1S/C22H22O3S/c1-15-13-22(26(24)14-16(15)2)19(17-9-5-3-6-10-17)20(25-21(22)23)18-11-7-4-8-12-18/h3-12,19-20H,13-14H2,1-2H3/t19-,20-,22?,26?/m1/s1. The fraction of sp³-hybridized carbons (Fsp3) is 0.318. The van der Waals surface area contributed by atoms with Crippen LogP contribution in [0.2, 0.25) is 0 Å². The molecule has 1 saturated heterocycles. The molecule has 134 valence electrons. The molecular formula is C22H22O3S. The van der Waals surface area contributed by atoms with Crippen molar-refractivity contribution in [1.82, 2.24) is 0 Å². The van der Waals surface area contributed by atoms with Crippen LogP contribution in [0.25, 0.3) is 0 Å². The van der Waals surface area contributed by atoms with Crippen molar-refractivity contribution in [2.75, 3.05) is 5.75 Å². The molecule has 2 aromatic carbocycles. The average molecular weight is 366 g/mol. The highest BCUT2D eigenvalue weighted by Gasteiger charge is 2.62. The molecule has 2 aliphatic rings.